The number of hydrogen-bond acceptors (Lipinski definition) is 6. The molecule has 1 aromatic carbocycles. The Labute approximate surface area is 179 Å². The highest BCUT2D eigenvalue weighted by atomic mass is 16.6. The maximum atomic E-state index is 13.0. The predicted octanol–water partition coefficient (Wildman–Crippen LogP) is 1.14. The number of ether oxygens (including phenoxy) is 2. The Hall–Kier alpha value is -3.56. The number of hydrogen-bond donors (Lipinski definition) is 4. The van der Waals surface area contributed by atoms with E-state index in [1.165, 1.54) is 0 Å². The van der Waals surface area contributed by atoms with Crippen LogP contribution in [0.4, 0.5) is 4.79 Å². The van der Waals surface area contributed by atoms with E-state index in [4.69, 9.17) is 10.5 Å². The van der Waals surface area contributed by atoms with E-state index < -0.39 is 48.0 Å². The zero-order valence-corrected chi connectivity index (χ0v) is 18.0. The number of nitrogens with one attached hydrogen (secondary N) is 3. The number of H-pyrrole nitrogens is 1. The van der Waals surface area contributed by atoms with Crippen LogP contribution < -0.4 is 16.4 Å². The molecule has 0 saturated carbocycles. The van der Waals surface area contributed by atoms with Gasteiger partial charge in [0.25, 0.3) is 0 Å². The van der Waals surface area contributed by atoms with E-state index in [2.05, 4.69) is 20.4 Å². The van der Waals surface area contributed by atoms with Crippen molar-refractivity contribution in [3.8, 4) is 0 Å². The van der Waals surface area contributed by atoms with Crippen molar-refractivity contribution in [2.24, 2.45) is 5.73 Å². The molecule has 0 bridgehead atoms. The van der Waals surface area contributed by atoms with Crippen LogP contribution in [0.2, 0.25) is 0 Å². The van der Waals surface area contributed by atoms with Crippen molar-refractivity contribution in [3.63, 3.8) is 0 Å². The van der Waals surface area contributed by atoms with Crippen LogP contribution in [0.5, 0.6) is 0 Å². The third-order valence-corrected chi connectivity index (χ3v) is 4.31. The number of methoxy groups -OCH3 is 1. The zero-order chi connectivity index (χ0) is 23.2. The smallest absolute Gasteiger partial charge is 0.408 e. The van der Waals surface area contributed by atoms with Gasteiger partial charge in [0.15, 0.2) is 0 Å². The standard InChI is InChI=1S/C21H28N4O6/c1-21(2,3)31-20(29)25-15(9-12-11-23-14-8-6-5-7-13(12)14)18(27)24-16(10-17(22)26)19(28)30-4/h5-8,11,15-16,23H,9-10H2,1-4H3,(H2,22,26)(H,24,27)(H,25,29)/t15-,16-/m0/s1. The van der Waals surface area contributed by atoms with E-state index in [0.29, 0.717) is 0 Å². The SMILES string of the molecule is COC(=O)[C@H](CC(N)=O)NC(=O)[C@H](Cc1c[nH]c2ccccc12)NC(=O)OC(C)(C)C. The molecule has 2 aromatic rings. The Morgan fingerprint density at radius 1 is 1.10 bits per heavy atom. The number of fused-ring (bicyclic) bond motifs is 1. The topological polar surface area (TPSA) is 153 Å². The van der Waals surface area contributed by atoms with Crippen LogP contribution in [0.15, 0.2) is 30.5 Å². The second-order valence-corrected chi connectivity index (χ2v) is 8.02. The number of primary amides is 1. The number of rotatable bonds is 8. The lowest BCUT2D eigenvalue weighted by molar-refractivity contribution is -0.146. The molecule has 2 rings (SSSR count). The molecule has 0 aliphatic carbocycles. The van der Waals surface area contributed by atoms with Crippen molar-refractivity contribution in [1.29, 1.82) is 0 Å². The van der Waals surface area contributed by atoms with E-state index in [1.54, 1.807) is 27.0 Å². The fraction of sp³-hybridized carbons (Fsp3) is 0.429. The molecular weight excluding hydrogens is 404 g/mol. The minimum atomic E-state index is -1.28. The van der Waals surface area contributed by atoms with Crippen LogP contribution in [0.1, 0.15) is 32.8 Å². The van der Waals surface area contributed by atoms with Gasteiger partial charge in [-0.1, -0.05) is 18.2 Å². The lowest BCUT2D eigenvalue weighted by atomic mass is 10.0. The van der Waals surface area contributed by atoms with Gasteiger partial charge in [-0.2, -0.15) is 0 Å². The molecule has 0 aliphatic rings. The Morgan fingerprint density at radius 3 is 2.39 bits per heavy atom. The molecule has 0 unspecified atom stereocenters. The van der Waals surface area contributed by atoms with Crippen LogP contribution in [0, 0.1) is 0 Å². The normalized spacial score (nSPS) is 13.2. The number of amides is 3. The van der Waals surface area contributed by atoms with Gasteiger partial charge in [0.1, 0.15) is 17.7 Å². The molecule has 3 amide bonds. The average molecular weight is 432 g/mol. The van der Waals surface area contributed by atoms with Crippen LogP contribution in [-0.2, 0) is 30.3 Å². The molecule has 0 spiro atoms. The molecule has 0 fully saturated rings. The van der Waals surface area contributed by atoms with E-state index in [-0.39, 0.29) is 6.42 Å². The molecular formula is C21H28N4O6. The number of aromatic amines is 1. The van der Waals surface area contributed by atoms with E-state index in [1.807, 2.05) is 24.3 Å². The summed E-state index contributed by atoms with van der Waals surface area (Å²) in [4.78, 5) is 51.6. The summed E-state index contributed by atoms with van der Waals surface area (Å²) in [6, 6.07) is 5.13. The van der Waals surface area contributed by atoms with Crippen molar-refractivity contribution in [3.05, 3.63) is 36.0 Å². The molecule has 168 valence electrons. The van der Waals surface area contributed by atoms with Gasteiger partial charge < -0.3 is 30.8 Å². The van der Waals surface area contributed by atoms with Crippen LogP contribution in [-0.4, -0.2) is 53.7 Å². The van der Waals surface area contributed by atoms with Gasteiger partial charge >= 0.3 is 12.1 Å². The van der Waals surface area contributed by atoms with Gasteiger partial charge in [-0.25, -0.2) is 9.59 Å². The Bertz CT molecular complexity index is 962. The van der Waals surface area contributed by atoms with Gasteiger partial charge in [0, 0.05) is 23.5 Å². The maximum absolute atomic E-state index is 13.0. The van der Waals surface area contributed by atoms with Gasteiger partial charge in [-0.15, -0.1) is 0 Å². The Kier molecular flexibility index (Phi) is 7.62. The monoisotopic (exact) mass is 432 g/mol. The number of carbonyl (C=O) groups is 4. The van der Waals surface area contributed by atoms with E-state index in [9.17, 15) is 19.2 Å². The summed E-state index contributed by atoms with van der Waals surface area (Å²) in [5.74, 6) is -2.30. The van der Waals surface area contributed by atoms with Crippen LogP contribution in [0.3, 0.4) is 0 Å². The number of esters is 1. The fourth-order valence-corrected chi connectivity index (χ4v) is 2.99. The van der Waals surface area contributed by atoms with E-state index in [0.717, 1.165) is 23.6 Å². The van der Waals surface area contributed by atoms with Gasteiger partial charge in [0.05, 0.1) is 13.5 Å². The summed E-state index contributed by atoms with van der Waals surface area (Å²) >= 11 is 0. The molecule has 0 radical (unpaired) electrons. The number of para-hydroxylation sites is 1. The zero-order valence-electron chi connectivity index (χ0n) is 18.0. The minimum Gasteiger partial charge on any atom is -0.467 e. The molecule has 5 N–H and O–H groups in total. The molecule has 2 atom stereocenters. The first kappa shape index (κ1) is 23.7. The highest BCUT2D eigenvalue weighted by molar-refractivity contribution is 5.93. The second kappa shape index (κ2) is 9.96. The number of carbonyl (C=O) groups excluding carboxylic acids is 4. The van der Waals surface area contributed by atoms with Crippen LogP contribution >= 0.6 is 0 Å². The largest absolute Gasteiger partial charge is 0.467 e. The molecule has 0 aliphatic heterocycles. The van der Waals surface area contributed by atoms with E-state index >= 15 is 0 Å². The number of nitrogens with two attached hydrogens (primary N) is 1. The molecule has 10 nitrogen and oxygen atoms in total. The van der Waals surface area contributed by atoms with Gasteiger partial charge in [-0.05, 0) is 32.4 Å². The Morgan fingerprint density at radius 2 is 1.77 bits per heavy atom. The molecule has 10 heteroatoms. The summed E-state index contributed by atoms with van der Waals surface area (Å²) in [5, 5.41) is 5.85. The first-order chi connectivity index (χ1) is 14.5. The first-order valence-electron chi connectivity index (χ1n) is 9.71. The molecule has 1 heterocycles. The number of aromatic nitrogens is 1. The fourth-order valence-electron chi connectivity index (χ4n) is 2.99. The van der Waals surface area contributed by atoms with Crippen molar-refractivity contribution in [2.45, 2.75) is 51.3 Å². The lowest BCUT2D eigenvalue weighted by Crippen LogP contribution is -2.54. The molecule has 31 heavy (non-hydrogen) atoms. The first-order valence-corrected chi connectivity index (χ1v) is 9.71. The summed E-state index contributed by atoms with van der Waals surface area (Å²) in [5.41, 5.74) is 6.04. The second-order valence-electron chi connectivity index (χ2n) is 8.02. The van der Waals surface area contributed by atoms with Gasteiger partial charge in [-0.3, -0.25) is 9.59 Å². The average Bonchev–Trinajstić information content (AvgIpc) is 3.07. The Balaban J connectivity index is 2.26. The summed E-state index contributed by atoms with van der Waals surface area (Å²) < 4.78 is 9.89. The minimum absolute atomic E-state index is 0.111. The summed E-state index contributed by atoms with van der Waals surface area (Å²) in [7, 11) is 1.13. The number of benzene rings is 1. The predicted molar refractivity (Wildman–Crippen MR) is 113 cm³/mol. The highest BCUT2D eigenvalue weighted by Crippen LogP contribution is 2.19. The highest BCUT2D eigenvalue weighted by Gasteiger charge is 2.30. The molecule has 0 saturated heterocycles. The lowest BCUT2D eigenvalue weighted by Gasteiger charge is -2.24. The van der Waals surface area contributed by atoms with Crippen LogP contribution in [0.25, 0.3) is 10.9 Å². The maximum Gasteiger partial charge on any atom is 0.408 e. The summed E-state index contributed by atoms with van der Waals surface area (Å²) in [6.07, 6.45) is 0.615. The third kappa shape index (κ3) is 7.02. The quantitative estimate of drug-likeness (QED) is 0.459. The van der Waals surface area contributed by atoms with Crippen molar-refractivity contribution in [1.82, 2.24) is 15.6 Å². The summed E-state index contributed by atoms with van der Waals surface area (Å²) in [6.45, 7) is 5.09. The number of alkyl carbamates (subject to hydrolysis) is 1. The third-order valence-electron chi connectivity index (χ3n) is 4.31. The van der Waals surface area contributed by atoms with Crippen molar-refractivity contribution >= 4 is 34.8 Å². The van der Waals surface area contributed by atoms with Crippen molar-refractivity contribution < 1.29 is 28.7 Å². The van der Waals surface area contributed by atoms with Crippen molar-refractivity contribution in [2.75, 3.05) is 7.11 Å². The molecule has 1 aromatic heterocycles. The van der Waals surface area contributed by atoms with Gasteiger partial charge in [0.2, 0.25) is 11.8 Å².